The summed E-state index contributed by atoms with van der Waals surface area (Å²) in [6.07, 6.45) is 0.657. The van der Waals surface area contributed by atoms with Gasteiger partial charge in [-0.15, -0.1) is 0 Å². The fourth-order valence-corrected chi connectivity index (χ4v) is 2.15. The molecule has 0 unspecified atom stereocenters. The average Bonchev–Trinajstić information content (AvgIpc) is 2.29. The molecule has 0 amide bonds. The maximum atomic E-state index is 5.83. The summed E-state index contributed by atoms with van der Waals surface area (Å²) in [7, 11) is 0. The van der Waals surface area contributed by atoms with Crippen LogP contribution in [0.3, 0.4) is 0 Å². The van der Waals surface area contributed by atoms with Crippen LogP contribution in [0.4, 0.5) is 0 Å². The van der Waals surface area contributed by atoms with E-state index in [1.54, 1.807) is 0 Å². The normalized spacial score (nSPS) is 23.0. The van der Waals surface area contributed by atoms with Crippen molar-refractivity contribution in [2.45, 2.75) is 39.6 Å². The predicted molar refractivity (Wildman–Crippen MR) is 66.2 cm³/mol. The van der Waals surface area contributed by atoms with Crippen LogP contribution < -0.4 is 4.74 Å². The average molecular weight is 236 g/mol. The fraction of sp³-hybridized carbons (Fsp3) is 0.571. The molecule has 0 radical (unpaired) electrons. The van der Waals surface area contributed by atoms with Gasteiger partial charge < -0.3 is 14.2 Å². The molecular formula is C14H20O3. The number of hydrogen-bond acceptors (Lipinski definition) is 3. The monoisotopic (exact) mass is 236 g/mol. The molecule has 3 heteroatoms. The van der Waals surface area contributed by atoms with Crippen LogP contribution in [-0.2, 0) is 9.47 Å². The van der Waals surface area contributed by atoms with E-state index in [2.05, 4.69) is 19.1 Å². The van der Waals surface area contributed by atoms with E-state index in [0.717, 1.165) is 17.7 Å². The Hall–Kier alpha value is -1.06. The van der Waals surface area contributed by atoms with Gasteiger partial charge in [-0.25, -0.2) is 0 Å². The summed E-state index contributed by atoms with van der Waals surface area (Å²) in [5.74, 6) is 0.896. The summed E-state index contributed by atoms with van der Waals surface area (Å²) in [6, 6.07) is 6.23. The second kappa shape index (κ2) is 5.52. The van der Waals surface area contributed by atoms with Crippen LogP contribution in [0.5, 0.6) is 5.75 Å². The Bertz CT molecular complexity index is 376. The van der Waals surface area contributed by atoms with Crippen molar-refractivity contribution >= 4 is 0 Å². The van der Waals surface area contributed by atoms with Gasteiger partial charge in [-0.05, 0) is 32.4 Å². The van der Waals surface area contributed by atoms with Crippen molar-refractivity contribution in [2.75, 3.05) is 13.2 Å². The van der Waals surface area contributed by atoms with Crippen molar-refractivity contribution in [3.63, 3.8) is 0 Å². The van der Waals surface area contributed by atoms with Gasteiger partial charge in [0.2, 0.25) is 6.29 Å². The maximum absolute atomic E-state index is 5.83. The standard InChI is InChI=1S/C14H20O3/c1-4-15-12-9-14(16-5-2)17-13-8-10(3)6-7-11(12)13/h6-8,12,14H,4-5,9H2,1-3H3/t12-,14-/m0/s1. The molecular weight excluding hydrogens is 216 g/mol. The molecule has 1 aliphatic rings. The summed E-state index contributed by atoms with van der Waals surface area (Å²) in [6.45, 7) is 7.41. The van der Waals surface area contributed by atoms with Gasteiger partial charge in [-0.1, -0.05) is 12.1 Å². The lowest BCUT2D eigenvalue weighted by Crippen LogP contribution is -2.29. The van der Waals surface area contributed by atoms with E-state index in [1.807, 2.05) is 19.9 Å². The summed E-state index contributed by atoms with van der Waals surface area (Å²) < 4.78 is 17.1. The predicted octanol–water partition coefficient (Wildman–Crippen LogP) is 3.22. The number of rotatable bonds is 4. The lowest BCUT2D eigenvalue weighted by atomic mass is 10.0. The second-order valence-electron chi connectivity index (χ2n) is 4.22. The molecule has 0 saturated carbocycles. The van der Waals surface area contributed by atoms with Crippen molar-refractivity contribution in [2.24, 2.45) is 0 Å². The van der Waals surface area contributed by atoms with Crippen LogP contribution in [-0.4, -0.2) is 19.5 Å². The van der Waals surface area contributed by atoms with Gasteiger partial charge in [0.1, 0.15) is 5.75 Å². The molecule has 0 N–H and O–H groups in total. The van der Waals surface area contributed by atoms with Gasteiger partial charge in [0, 0.05) is 25.2 Å². The molecule has 0 bridgehead atoms. The van der Waals surface area contributed by atoms with Crippen LogP contribution in [0, 0.1) is 6.92 Å². The summed E-state index contributed by atoms with van der Waals surface area (Å²) >= 11 is 0. The van der Waals surface area contributed by atoms with Crippen LogP contribution in [0.2, 0.25) is 0 Å². The topological polar surface area (TPSA) is 27.7 Å². The molecule has 2 atom stereocenters. The minimum atomic E-state index is -0.189. The zero-order chi connectivity index (χ0) is 12.3. The number of benzene rings is 1. The third-order valence-electron chi connectivity index (χ3n) is 2.90. The van der Waals surface area contributed by atoms with Gasteiger partial charge >= 0.3 is 0 Å². The highest BCUT2D eigenvalue weighted by Crippen LogP contribution is 2.37. The second-order valence-corrected chi connectivity index (χ2v) is 4.22. The molecule has 1 aromatic carbocycles. The minimum absolute atomic E-state index is 0.0842. The molecule has 17 heavy (non-hydrogen) atoms. The molecule has 1 heterocycles. The van der Waals surface area contributed by atoms with Crippen molar-refractivity contribution in [1.29, 1.82) is 0 Å². The van der Waals surface area contributed by atoms with E-state index in [1.165, 1.54) is 5.56 Å². The molecule has 0 aromatic heterocycles. The molecule has 3 nitrogen and oxygen atoms in total. The Labute approximate surface area is 103 Å². The molecule has 94 valence electrons. The van der Waals surface area contributed by atoms with Crippen LogP contribution >= 0.6 is 0 Å². The zero-order valence-corrected chi connectivity index (χ0v) is 10.7. The largest absolute Gasteiger partial charge is 0.464 e. The van der Waals surface area contributed by atoms with Crippen molar-refractivity contribution < 1.29 is 14.2 Å². The highest BCUT2D eigenvalue weighted by Gasteiger charge is 2.28. The Morgan fingerprint density at radius 3 is 2.71 bits per heavy atom. The first-order chi connectivity index (χ1) is 8.24. The van der Waals surface area contributed by atoms with Crippen molar-refractivity contribution in [3.8, 4) is 5.75 Å². The number of hydrogen-bond donors (Lipinski definition) is 0. The number of fused-ring (bicyclic) bond motifs is 1. The van der Waals surface area contributed by atoms with E-state index >= 15 is 0 Å². The SMILES string of the molecule is CCO[C@@H]1C[C@H](OCC)c2ccc(C)cc2O1. The highest BCUT2D eigenvalue weighted by molar-refractivity contribution is 5.40. The first-order valence-corrected chi connectivity index (χ1v) is 6.25. The number of ether oxygens (including phenoxy) is 3. The van der Waals surface area contributed by atoms with Crippen molar-refractivity contribution in [1.82, 2.24) is 0 Å². The Morgan fingerprint density at radius 1 is 1.24 bits per heavy atom. The summed E-state index contributed by atoms with van der Waals surface area (Å²) in [4.78, 5) is 0. The van der Waals surface area contributed by atoms with Gasteiger partial charge in [-0.3, -0.25) is 0 Å². The van der Waals surface area contributed by atoms with E-state index in [9.17, 15) is 0 Å². The Balaban J connectivity index is 2.24. The zero-order valence-electron chi connectivity index (χ0n) is 10.7. The summed E-state index contributed by atoms with van der Waals surface area (Å²) in [5.41, 5.74) is 2.32. The van der Waals surface area contributed by atoms with Crippen LogP contribution in [0.1, 0.15) is 37.5 Å². The molecule has 0 fully saturated rings. The molecule has 0 aliphatic carbocycles. The molecule has 1 aromatic rings. The molecule has 1 aliphatic heterocycles. The quantitative estimate of drug-likeness (QED) is 0.803. The van der Waals surface area contributed by atoms with Gasteiger partial charge in [0.25, 0.3) is 0 Å². The molecule has 2 rings (SSSR count). The first-order valence-electron chi connectivity index (χ1n) is 6.25. The maximum Gasteiger partial charge on any atom is 0.202 e. The van der Waals surface area contributed by atoms with Crippen LogP contribution in [0.15, 0.2) is 18.2 Å². The highest BCUT2D eigenvalue weighted by atomic mass is 16.7. The summed E-state index contributed by atoms with van der Waals surface area (Å²) in [5, 5.41) is 0. The van der Waals surface area contributed by atoms with E-state index in [4.69, 9.17) is 14.2 Å². The van der Waals surface area contributed by atoms with E-state index < -0.39 is 0 Å². The van der Waals surface area contributed by atoms with Gasteiger partial charge in [-0.2, -0.15) is 0 Å². The number of aryl methyl sites for hydroxylation is 1. The van der Waals surface area contributed by atoms with Gasteiger partial charge in [0.05, 0.1) is 6.10 Å². The smallest absolute Gasteiger partial charge is 0.202 e. The molecule has 0 spiro atoms. The lowest BCUT2D eigenvalue weighted by molar-refractivity contribution is -0.121. The third-order valence-corrected chi connectivity index (χ3v) is 2.90. The third kappa shape index (κ3) is 2.79. The van der Waals surface area contributed by atoms with Gasteiger partial charge in [0.15, 0.2) is 0 Å². The Morgan fingerprint density at radius 2 is 2.00 bits per heavy atom. The minimum Gasteiger partial charge on any atom is -0.464 e. The fourth-order valence-electron chi connectivity index (χ4n) is 2.15. The molecule has 0 saturated heterocycles. The first kappa shape index (κ1) is 12.4. The Kier molecular flexibility index (Phi) is 4.02. The van der Waals surface area contributed by atoms with Crippen molar-refractivity contribution in [3.05, 3.63) is 29.3 Å². The lowest BCUT2D eigenvalue weighted by Gasteiger charge is -2.31. The van der Waals surface area contributed by atoms with E-state index in [0.29, 0.717) is 13.2 Å². The van der Waals surface area contributed by atoms with E-state index in [-0.39, 0.29) is 12.4 Å². The van der Waals surface area contributed by atoms with Crippen LogP contribution in [0.25, 0.3) is 0 Å².